The quantitative estimate of drug-likeness (QED) is 0.811. The SMILES string of the molecule is Cc1ccc(Cc2cccc(C=O)c2N2CCOCC2)cc1. The van der Waals surface area contributed by atoms with Crippen molar-refractivity contribution in [1.82, 2.24) is 0 Å². The second kappa shape index (κ2) is 6.75. The van der Waals surface area contributed by atoms with E-state index in [1.165, 1.54) is 16.7 Å². The molecule has 0 bridgehead atoms. The molecule has 1 saturated heterocycles. The Morgan fingerprint density at radius 2 is 1.82 bits per heavy atom. The zero-order valence-corrected chi connectivity index (χ0v) is 12.9. The molecule has 0 aromatic heterocycles. The van der Waals surface area contributed by atoms with E-state index in [4.69, 9.17) is 4.74 Å². The summed E-state index contributed by atoms with van der Waals surface area (Å²) < 4.78 is 5.44. The van der Waals surface area contributed by atoms with Crippen LogP contribution in [0.2, 0.25) is 0 Å². The summed E-state index contributed by atoms with van der Waals surface area (Å²) in [5.74, 6) is 0. The van der Waals surface area contributed by atoms with Crippen molar-refractivity contribution in [3.8, 4) is 0 Å². The molecule has 0 aliphatic carbocycles. The smallest absolute Gasteiger partial charge is 0.152 e. The van der Waals surface area contributed by atoms with Gasteiger partial charge in [-0.3, -0.25) is 4.79 Å². The molecule has 114 valence electrons. The third kappa shape index (κ3) is 3.20. The molecule has 0 atom stereocenters. The molecule has 1 heterocycles. The van der Waals surface area contributed by atoms with Crippen LogP contribution in [0.5, 0.6) is 0 Å². The topological polar surface area (TPSA) is 29.5 Å². The van der Waals surface area contributed by atoms with Crippen LogP contribution < -0.4 is 4.90 Å². The summed E-state index contributed by atoms with van der Waals surface area (Å²) in [5.41, 5.74) is 5.57. The summed E-state index contributed by atoms with van der Waals surface area (Å²) in [4.78, 5) is 13.7. The van der Waals surface area contributed by atoms with E-state index in [1.807, 2.05) is 12.1 Å². The average Bonchev–Trinajstić information content (AvgIpc) is 2.57. The van der Waals surface area contributed by atoms with Crippen LogP contribution >= 0.6 is 0 Å². The number of anilines is 1. The van der Waals surface area contributed by atoms with Crippen molar-refractivity contribution in [2.45, 2.75) is 13.3 Å². The largest absolute Gasteiger partial charge is 0.378 e. The number of rotatable bonds is 4. The van der Waals surface area contributed by atoms with E-state index in [0.29, 0.717) is 0 Å². The molecular weight excluding hydrogens is 274 g/mol. The van der Waals surface area contributed by atoms with Gasteiger partial charge in [0.05, 0.1) is 18.9 Å². The van der Waals surface area contributed by atoms with Crippen LogP contribution in [0.3, 0.4) is 0 Å². The van der Waals surface area contributed by atoms with Crippen molar-refractivity contribution >= 4 is 12.0 Å². The maximum Gasteiger partial charge on any atom is 0.152 e. The van der Waals surface area contributed by atoms with Gasteiger partial charge < -0.3 is 9.64 Å². The summed E-state index contributed by atoms with van der Waals surface area (Å²) in [5, 5.41) is 0. The lowest BCUT2D eigenvalue weighted by molar-refractivity contribution is 0.111. The first-order chi connectivity index (χ1) is 10.8. The number of hydrogen-bond donors (Lipinski definition) is 0. The fourth-order valence-corrected chi connectivity index (χ4v) is 2.95. The Hall–Kier alpha value is -2.13. The number of aryl methyl sites for hydroxylation is 1. The molecule has 0 spiro atoms. The molecule has 0 saturated carbocycles. The third-order valence-electron chi connectivity index (χ3n) is 4.12. The number of carbonyl (C=O) groups is 1. The molecule has 22 heavy (non-hydrogen) atoms. The molecule has 1 fully saturated rings. The molecular formula is C19H21NO2. The van der Waals surface area contributed by atoms with E-state index in [9.17, 15) is 4.79 Å². The van der Waals surface area contributed by atoms with E-state index in [2.05, 4.69) is 42.2 Å². The molecule has 3 nitrogen and oxygen atoms in total. The predicted octanol–water partition coefficient (Wildman–Crippen LogP) is 3.23. The summed E-state index contributed by atoms with van der Waals surface area (Å²) in [6, 6.07) is 14.6. The number of aldehydes is 1. The van der Waals surface area contributed by atoms with Crippen molar-refractivity contribution in [2.75, 3.05) is 31.2 Å². The van der Waals surface area contributed by atoms with E-state index < -0.39 is 0 Å². The molecule has 0 unspecified atom stereocenters. The minimum atomic E-state index is 0.719. The lowest BCUT2D eigenvalue weighted by atomic mass is 9.98. The third-order valence-corrected chi connectivity index (χ3v) is 4.12. The average molecular weight is 295 g/mol. The molecule has 0 amide bonds. The van der Waals surface area contributed by atoms with Gasteiger partial charge in [-0.25, -0.2) is 0 Å². The summed E-state index contributed by atoms with van der Waals surface area (Å²) >= 11 is 0. The molecule has 2 aromatic rings. The van der Waals surface area contributed by atoms with Gasteiger partial charge in [-0.1, -0.05) is 42.0 Å². The fraction of sp³-hybridized carbons (Fsp3) is 0.316. The molecule has 1 aliphatic rings. The zero-order valence-electron chi connectivity index (χ0n) is 12.9. The Morgan fingerprint density at radius 1 is 1.09 bits per heavy atom. The first kappa shape index (κ1) is 14.8. The van der Waals surface area contributed by atoms with Gasteiger partial charge in [0.25, 0.3) is 0 Å². The molecule has 3 rings (SSSR count). The van der Waals surface area contributed by atoms with Gasteiger partial charge in [-0.05, 0) is 30.5 Å². The normalized spacial score (nSPS) is 14.9. The Bertz CT molecular complexity index is 643. The van der Waals surface area contributed by atoms with Crippen LogP contribution in [-0.4, -0.2) is 32.6 Å². The molecule has 2 aromatic carbocycles. The number of hydrogen-bond acceptors (Lipinski definition) is 3. The van der Waals surface area contributed by atoms with E-state index >= 15 is 0 Å². The monoisotopic (exact) mass is 295 g/mol. The number of carbonyl (C=O) groups excluding carboxylic acids is 1. The van der Waals surface area contributed by atoms with Crippen LogP contribution in [0.25, 0.3) is 0 Å². The van der Waals surface area contributed by atoms with Gasteiger partial charge in [-0.15, -0.1) is 0 Å². The second-order valence-corrected chi connectivity index (χ2v) is 5.73. The number of para-hydroxylation sites is 1. The Balaban J connectivity index is 1.95. The first-order valence-electron chi connectivity index (χ1n) is 7.73. The lowest BCUT2D eigenvalue weighted by Gasteiger charge is -2.31. The predicted molar refractivity (Wildman–Crippen MR) is 88.8 cm³/mol. The summed E-state index contributed by atoms with van der Waals surface area (Å²) in [6.07, 6.45) is 1.80. The van der Waals surface area contributed by atoms with E-state index in [1.54, 1.807) is 0 Å². The van der Waals surface area contributed by atoms with Crippen molar-refractivity contribution in [3.63, 3.8) is 0 Å². The van der Waals surface area contributed by atoms with Gasteiger partial charge in [0.15, 0.2) is 6.29 Å². The van der Waals surface area contributed by atoms with Crippen LogP contribution in [0.1, 0.15) is 27.0 Å². The minimum Gasteiger partial charge on any atom is -0.378 e. The van der Waals surface area contributed by atoms with Crippen LogP contribution in [0, 0.1) is 6.92 Å². The number of morpholine rings is 1. The van der Waals surface area contributed by atoms with Crippen molar-refractivity contribution in [3.05, 3.63) is 64.7 Å². The summed E-state index contributed by atoms with van der Waals surface area (Å²) in [7, 11) is 0. The number of ether oxygens (including phenoxy) is 1. The Morgan fingerprint density at radius 3 is 2.50 bits per heavy atom. The molecule has 0 radical (unpaired) electrons. The second-order valence-electron chi connectivity index (χ2n) is 5.73. The van der Waals surface area contributed by atoms with Crippen LogP contribution in [-0.2, 0) is 11.2 Å². The maximum atomic E-state index is 11.5. The standard InChI is InChI=1S/C19H21NO2/c1-15-5-7-16(8-6-15)13-17-3-2-4-18(14-21)19(17)20-9-11-22-12-10-20/h2-8,14H,9-13H2,1H3. The van der Waals surface area contributed by atoms with Gasteiger partial charge in [0.1, 0.15) is 0 Å². The van der Waals surface area contributed by atoms with Crippen molar-refractivity contribution in [2.24, 2.45) is 0 Å². The highest BCUT2D eigenvalue weighted by Gasteiger charge is 2.18. The van der Waals surface area contributed by atoms with Gasteiger partial charge in [0.2, 0.25) is 0 Å². The summed E-state index contributed by atoms with van der Waals surface area (Å²) in [6.45, 7) is 5.21. The lowest BCUT2D eigenvalue weighted by Crippen LogP contribution is -2.37. The van der Waals surface area contributed by atoms with Crippen LogP contribution in [0.4, 0.5) is 5.69 Å². The molecule has 1 aliphatic heterocycles. The highest BCUT2D eigenvalue weighted by molar-refractivity contribution is 5.86. The van der Waals surface area contributed by atoms with E-state index in [-0.39, 0.29) is 0 Å². The Kier molecular flexibility index (Phi) is 4.54. The minimum absolute atomic E-state index is 0.719. The van der Waals surface area contributed by atoms with Crippen molar-refractivity contribution in [1.29, 1.82) is 0 Å². The van der Waals surface area contributed by atoms with Crippen molar-refractivity contribution < 1.29 is 9.53 Å². The fourth-order valence-electron chi connectivity index (χ4n) is 2.95. The zero-order chi connectivity index (χ0) is 15.4. The Labute approximate surface area is 131 Å². The number of nitrogens with zero attached hydrogens (tertiary/aromatic N) is 1. The van der Waals surface area contributed by atoms with Gasteiger partial charge in [-0.2, -0.15) is 0 Å². The molecule has 3 heteroatoms. The number of benzene rings is 2. The highest BCUT2D eigenvalue weighted by Crippen LogP contribution is 2.28. The van der Waals surface area contributed by atoms with E-state index in [0.717, 1.165) is 50.3 Å². The van der Waals surface area contributed by atoms with Gasteiger partial charge in [0, 0.05) is 18.7 Å². The van der Waals surface area contributed by atoms with Crippen LogP contribution in [0.15, 0.2) is 42.5 Å². The molecule has 0 N–H and O–H groups in total. The first-order valence-corrected chi connectivity index (χ1v) is 7.73. The maximum absolute atomic E-state index is 11.5. The highest BCUT2D eigenvalue weighted by atomic mass is 16.5. The van der Waals surface area contributed by atoms with Gasteiger partial charge >= 0.3 is 0 Å².